The third-order valence-electron chi connectivity index (χ3n) is 4.22. The highest BCUT2D eigenvalue weighted by Crippen LogP contribution is 2.31. The fourth-order valence-electron chi connectivity index (χ4n) is 2.66. The molecule has 0 radical (unpaired) electrons. The molecule has 0 aliphatic carbocycles. The van der Waals surface area contributed by atoms with Gasteiger partial charge in [0, 0.05) is 11.1 Å². The average molecular weight is 318 g/mol. The second-order valence-electron chi connectivity index (χ2n) is 5.79. The SMILES string of the molecule is CCc1ccc(-c2nc(N)c(N)nc2-c2ccc(CC)cc2)cc1. The zero-order valence-corrected chi connectivity index (χ0v) is 14.1. The van der Waals surface area contributed by atoms with Gasteiger partial charge in [-0.25, -0.2) is 9.97 Å². The van der Waals surface area contributed by atoms with Crippen molar-refractivity contribution in [1.29, 1.82) is 0 Å². The van der Waals surface area contributed by atoms with E-state index in [2.05, 4.69) is 72.3 Å². The first-order valence-electron chi connectivity index (χ1n) is 8.24. The molecule has 122 valence electrons. The molecule has 1 heterocycles. The average Bonchev–Trinajstić information content (AvgIpc) is 2.64. The van der Waals surface area contributed by atoms with E-state index in [1.165, 1.54) is 11.1 Å². The Balaban J connectivity index is 2.14. The van der Waals surface area contributed by atoms with Crippen LogP contribution in [-0.4, -0.2) is 9.97 Å². The quantitative estimate of drug-likeness (QED) is 0.759. The highest BCUT2D eigenvalue weighted by molar-refractivity contribution is 5.81. The number of hydrogen-bond donors (Lipinski definition) is 2. The maximum Gasteiger partial charge on any atom is 0.166 e. The second kappa shape index (κ2) is 6.71. The summed E-state index contributed by atoms with van der Waals surface area (Å²) in [7, 11) is 0. The topological polar surface area (TPSA) is 77.8 Å². The van der Waals surface area contributed by atoms with E-state index in [-0.39, 0.29) is 11.6 Å². The number of aromatic nitrogens is 2. The van der Waals surface area contributed by atoms with E-state index >= 15 is 0 Å². The van der Waals surface area contributed by atoms with Crippen LogP contribution < -0.4 is 11.5 Å². The van der Waals surface area contributed by atoms with Crippen molar-refractivity contribution >= 4 is 11.6 Å². The van der Waals surface area contributed by atoms with Crippen molar-refractivity contribution in [3.63, 3.8) is 0 Å². The lowest BCUT2D eigenvalue weighted by atomic mass is 10.0. The third-order valence-corrected chi connectivity index (χ3v) is 4.22. The summed E-state index contributed by atoms with van der Waals surface area (Å²) in [6.45, 7) is 4.27. The van der Waals surface area contributed by atoms with E-state index in [4.69, 9.17) is 11.5 Å². The first kappa shape index (κ1) is 16.0. The van der Waals surface area contributed by atoms with Crippen LogP contribution in [0, 0.1) is 0 Å². The zero-order chi connectivity index (χ0) is 17.1. The number of rotatable bonds is 4. The minimum Gasteiger partial charge on any atom is -0.381 e. The van der Waals surface area contributed by atoms with Crippen LogP contribution in [0.2, 0.25) is 0 Å². The Hall–Kier alpha value is -2.88. The number of nitrogens with zero attached hydrogens (tertiary/aromatic N) is 2. The van der Waals surface area contributed by atoms with Gasteiger partial charge in [-0.3, -0.25) is 0 Å². The number of benzene rings is 2. The lowest BCUT2D eigenvalue weighted by Crippen LogP contribution is -2.05. The van der Waals surface area contributed by atoms with Crippen molar-refractivity contribution in [3.8, 4) is 22.5 Å². The van der Waals surface area contributed by atoms with Crippen molar-refractivity contribution in [2.75, 3.05) is 11.5 Å². The van der Waals surface area contributed by atoms with Gasteiger partial charge in [-0.15, -0.1) is 0 Å². The molecule has 0 aliphatic rings. The van der Waals surface area contributed by atoms with Crippen molar-refractivity contribution in [2.24, 2.45) is 0 Å². The first-order valence-corrected chi connectivity index (χ1v) is 8.24. The number of nitrogens with two attached hydrogens (primary N) is 2. The minimum absolute atomic E-state index is 0.262. The predicted molar refractivity (Wildman–Crippen MR) is 100 cm³/mol. The number of aryl methyl sites for hydroxylation is 2. The predicted octanol–water partition coefficient (Wildman–Crippen LogP) is 4.10. The lowest BCUT2D eigenvalue weighted by molar-refractivity contribution is 1.14. The molecule has 1 aromatic heterocycles. The molecular weight excluding hydrogens is 296 g/mol. The van der Waals surface area contributed by atoms with Crippen molar-refractivity contribution < 1.29 is 0 Å². The number of nitrogen functional groups attached to an aromatic ring is 2. The molecule has 0 unspecified atom stereocenters. The molecule has 24 heavy (non-hydrogen) atoms. The van der Waals surface area contributed by atoms with Gasteiger partial charge in [0.15, 0.2) is 11.6 Å². The summed E-state index contributed by atoms with van der Waals surface area (Å²) < 4.78 is 0. The molecule has 3 rings (SSSR count). The Morgan fingerprint density at radius 2 is 0.958 bits per heavy atom. The van der Waals surface area contributed by atoms with Crippen LogP contribution in [0.1, 0.15) is 25.0 Å². The van der Waals surface area contributed by atoms with Crippen LogP contribution in [0.15, 0.2) is 48.5 Å². The maximum absolute atomic E-state index is 5.91. The summed E-state index contributed by atoms with van der Waals surface area (Å²) in [5, 5.41) is 0. The summed E-state index contributed by atoms with van der Waals surface area (Å²) in [4.78, 5) is 9.02. The van der Waals surface area contributed by atoms with E-state index in [9.17, 15) is 0 Å². The van der Waals surface area contributed by atoms with Crippen LogP contribution in [0.25, 0.3) is 22.5 Å². The molecule has 0 bridgehead atoms. The monoisotopic (exact) mass is 318 g/mol. The smallest absolute Gasteiger partial charge is 0.166 e. The molecule has 3 aromatic rings. The molecule has 0 saturated carbocycles. The van der Waals surface area contributed by atoms with E-state index in [1.54, 1.807) is 0 Å². The standard InChI is InChI=1S/C20H22N4/c1-3-13-5-9-15(10-6-13)17-18(24-20(22)19(21)23-17)16-11-7-14(4-2)8-12-16/h5-12H,3-4H2,1-2H3,(H2,21,23)(H2,22,24). The third kappa shape index (κ3) is 3.08. The molecule has 4 heteroatoms. The summed E-state index contributed by atoms with van der Waals surface area (Å²) in [6.07, 6.45) is 2.00. The van der Waals surface area contributed by atoms with Gasteiger partial charge in [0.2, 0.25) is 0 Å². The van der Waals surface area contributed by atoms with Crippen LogP contribution in [0.5, 0.6) is 0 Å². The fraction of sp³-hybridized carbons (Fsp3) is 0.200. The summed E-state index contributed by atoms with van der Waals surface area (Å²) in [6, 6.07) is 16.7. The van der Waals surface area contributed by atoms with Crippen molar-refractivity contribution in [3.05, 3.63) is 59.7 Å². The highest BCUT2D eigenvalue weighted by atomic mass is 15.0. The minimum atomic E-state index is 0.262. The largest absolute Gasteiger partial charge is 0.381 e. The zero-order valence-electron chi connectivity index (χ0n) is 14.1. The Morgan fingerprint density at radius 1 is 0.625 bits per heavy atom. The van der Waals surface area contributed by atoms with Gasteiger partial charge in [-0.05, 0) is 24.0 Å². The molecule has 0 atom stereocenters. The van der Waals surface area contributed by atoms with E-state index in [1.807, 2.05) is 0 Å². The van der Waals surface area contributed by atoms with Gasteiger partial charge in [-0.2, -0.15) is 0 Å². The molecule has 0 saturated heterocycles. The van der Waals surface area contributed by atoms with Crippen LogP contribution in [0.3, 0.4) is 0 Å². The molecule has 2 aromatic carbocycles. The Labute approximate surface area is 142 Å². The van der Waals surface area contributed by atoms with Gasteiger partial charge < -0.3 is 11.5 Å². The summed E-state index contributed by atoms with van der Waals surface area (Å²) in [5.74, 6) is 0.525. The molecular formula is C20H22N4. The molecule has 0 aliphatic heterocycles. The Morgan fingerprint density at radius 3 is 1.25 bits per heavy atom. The van der Waals surface area contributed by atoms with E-state index in [0.717, 1.165) is 35.4 Å². The van der Waals surface area contributed by atoms with Gasteiger partial charge in [0.05, 0.1) is 11.4 Å². The van der Waals surface area contributed by atoms with Gasteiger partial charge in [0.25, 0.3) is 0 Å². The van der Waals surface area contributed by atoms with Crippen LogP contribution in [-0.2, 0) is 12.8 Å². The summed E-state index contributed by atoms with van der Waals surface area (Å²) in [5.41, 5.74) is 17.9. The maximum atomic E-state index is 5.91. The van der Waals surface area contributed by atoms with Crippen molar-refractivity contribution in [2.45, 2.75) is 26.7 Å². The van der Waals surface area contributed by atoms with Crippen LogP contribution >= 0.6 is 0 Å². The number of hydrogen-bond acceptors (Lipinski definition) is 4. The van der Waals surface area contributed by atoms with Gasteiger partial charge in [0.1, 0.15) is 0 Å². The molecule has 4 N–H and O–H groups in total. The normalized spacial score (nSPS) is 10.8. The molecule has 4 nitrogen and oxygen atoms in total. The molecule has 0 fully saturated rings. The summed E-state index contributed by atoms with van der Waals surface area (Å²) >= 11 is 0. The van der Waals surface area contributed by atoms with Crippen LogP contribution in [0.4, 0.5) is 11.6 Å². The van der Waals surface area contributed by atoms with Crippen molar-refractivity contribution in [1.82, 2.24) is 9.97 Å². The van der Waals surface area contributed by atoms with E-state index < -0.39 is 0 Å². The lowest BCUT2D eigenvalue weighted by Gasteiger charge is -2.12. The Bertz CT molecular complexity index is 764. The van der Waals surface area contributed by atoms with E-state index in [0.29, 0.717) is 0 Å². The second-order valence-corrected chi connectivity index (χ2v) is 5.79. The Kier molecular flexibility index (Phi) is 4.47. The van der Waals surface area contributed by atoms with Gasteiger partial charge >= 0.3 is 0 Å². The highest BCUT2D eigenvalue weighted by Gasteiger charge is 2.14. The van der Waals surface area contributed by atoms with Gasteiger partial charge in [-0.1, -0.05) is 62.4 Å². The fourth-order valence-corrected chi connectivity index (χ4v) is 2.66. The number of anilines is 2. The first-order chi connectivity index (χ1) is 11.6. The molecule has 0 amide bonds. The molecule has 0 spiro atoms.